The predicted molar refractivity (Wildman–Crippen MR) is 143 cm³/mol. The number of rotatable bonds is 6. The minimum atomic E-state index is -0.531. The van der Waals surface area contributed by atoms with E-state index in [0.29, 0.717) is 11.6 Å². The molecule has 9 heteroatoms. The number of ether oxygens (including phenoxy) is 2. The van der Waals surface area contributed by atoms with Crippen molar-refractivity contribution >= 4 is 23.0 Å². The number of thiophene rings is 1. The summed E-state index contributed by atoms with van der Waals surface area (Å²) >= 11 is 1.67. The number of hydrogen-bond acceptors (Lipinski definition) is 8. The summed E-state index contributed by atoms with van der Waals surface area (Å²) in [5.41, 5.74) is 6.64. The zero-order chi connectivity index (χ0) is 26.3. The molecule has 0 aliphatic carbocycles. The Balaban J connectivity index is 1.63. The quantitative estimate of drug-likeness (QED) is 0.367. The van der Waals surface area contributed by atoms with Crippen LogP contribution in [-0.2, 0) is 16.1 Å². The lowest BCUT2D eigenvalue weighted by atomic mass is 9.96. The van der Waals surface area contributed by atoms with Gasteiger partial charge in [-0.15, -0.1) is 21.5 Å². The predicted octanol–water partition coefficient (Wildman–Crippen LogP) is 4.88. The first-order valence-electron chi connectivity index (χ1n) is 11.9. The lowest BCUT2D eigenvalue weighted by molar-refractivity contribution is -0.141. The van der Waals surface area contributed by atoms with Crippen LogP contribution in [0.15, 0.2) is 47.5 Å². The van der Waals surface area contributed by atoms with Crippen LogP contribution in [0.3, 0.4) is 0 Å². The van der Waals surface area contributed by atoms with Crippen LogP contribution >= 0.6 is 11.3 Å². The molecule has 0 amide bonds. The largest absolute Gasteiger partial charge is 0.496 e. The van der Waals surface area contributed by atoms with E-state index in [-0.39, 0.29) is 19.0 Å². The molecule has 0 radical (unpaired) electrons. The van der Waals surface area contributed by atoms with E-state index in [2.05, 4.69) is 24.0 Å². The third-order valence-electron chi connectivity index (χ3n) is 6.77. The first-order chi connectivity index (χ1) is 17.9. The van der Waals surface area contributed by atoms with Crippen LogP contribution in [0.2, 0.25) is 0 Å². The van der Waals surface area contributed by atoms with E-state index >= 15 is 0 Å². The summed E-state index contributed by atoms with van der Waals surface area (Å²) in [5, 5.41) is 19.4. The monoisotopic (exact) mass is 516 g/mol. The Kier molecular flexibility index (Phi) is 6.66. The van der Waals surface area contributed by atoms with Crippen molar-refractivity contribution in [3.63, 3.8) is 0 Å². The SMILES string of the molecule is COC(=O)C[C@@H]1N=C(c2ccc(-c3ccc(OC)c(CO)c3)cc2)c2c(sc(C)c2C)-n2c(C)nnc21. The van der Waals surface area contributed by atoms with Crippen LogP contribution in [0, 0.1) is 20.8 Å². The van der Waals surface area contributed by atoms with E-state index in [1.54, 1.807) is 18.4 Å². The third kappa shape index (κ3) is 4.34. The second kappa shape index (κ2) is 9.91. The second-order valence-electron chi connectivity index (χ2n) is 8.94. The molecular weight excluding hydrogens is 488 g/mol. The smallest absolute Gasteiger partial charge is 0.308 e. The van der Waals surface area contributed by atoms with Crippen molar-refractivity contribution in [2.75, 3.05) is 14.2 Å². The molecule has 1 atom stereocenters. The Labute approximate surface area is 219 Å². The Hall–Kier alpha value is -3.82. The van der Waals surface area contributed by atoms with E-state index in [1.165, 1.54) is 12.0 Å². The molecule has 0 spiro atoms. The highest BCUT2D eigenvalue weighted by atomic mass is 32.1. The highest BCUT2D eigenvalue weighted by molar-refractivity contribution is 7.15. The second-order valence-corrected chi connectivity index (χ2v) is 10.1. The highest BCUT2D eigenvalue weighted by Crippen LogP contribution is 2.40. The van der Waals surface area contributed by atoms with Crippen LogP contribution in [0.25, 0.3) is 16.1 Å². The fourth-order valence-electron chi connectivity index (χ4n) is 4.67. The van der Waals surface area contributed by atoms with E-state index in [9.17, 15) is 9.90 Å². The molecule has 4 aromatic rings. The molecule has 0 fully saturated rings. The van der Waals surface area contributed by atoms with E-state index in [4.69, 9.17) is 14.5 Å². The number of aliphatic hydroxyl groups is 1. The number of methoxy groups -OCH3 is 2. The van der Waals surface area contributed by atoms with Gasteiger partial charge in [-0.1, -0.05) is 30.3 Å². The number of benzene rings is 2. The minimum absolute atomic E-state index is 0.0684. The summed E-state index contributed by atoms with van der Waals surface area (Å²) in [6, 6.07) is 13.4. The molecule has 2 aromatic carbocycles. The molecule has 190 valence electrons. The molecule has 0 saturated carbocycles. The molecule has 8 nitrogen and oxygen atoms in total. The summed E-state index contributed by atoms with van der Waals surface area (Å²) in [5.74, 6) is 1.68. The van der Waals surface area contributed by atoms with Crippen LogP contribution in [-0.4, -0.2) is 45.8 Å². The number of carbonyl (C=O) groups excluding carboxylic acids is 1. The number of fused-ring (bicyclic) bond motifs is 3. The topological polar surface area (TPSA) is 98.8 Å². The van der Waals surface area contributed by atoms with Gasteiger partial charge >= 0.3 is 5.97 Å². The minimum Gasteiger partial charge on any atom is -0.496 e. The Morgan fingerprint density at radius 3 is 2.41 bits per heavy atom. The number of nitrogens with zero attached hydrogens (tertiary/aromatic N) is 4. The number of aliphatic hydroxyl groups excluding tert-OH is 1. The van der Waals surface area contributed by atoms with Crippen molar-refractivity contribution in [3.05, 3.63) is 81.2 Å². The van der Waals surface area contributed by atoms with Gasteiger partial charge in [0.25, 0.3) is 0 Å². The highest BCUT2D eigenvalue weighted by Gasteiger charge is 2.32. The van der Waals surface area contributed by atoms with E-state index < -0.39 is 6.04 Å². The molecule has 0 saturated heterocycles. The molecule has 37 heavy (non-hydrogen) atoms. The average Bonchev–Trinajstić information content (AvgIpc) is 3.40. The first kappa shape index (κ1) is 24.9. The van der Waals surface area contributed by atoms with Crippen molar-refractivity contribution in [3.8, 4) is 21.9 Å². The summed E-state index contributed by atoms with van der Waals surface area (Å²) in [7, 11) is 2.97. The fraction of sp³-hybridized carbons (Fsp3) is 0.286. The molecule has 1 N–H and O–H groups in total. The third-order valence-corrected chi connectivity index (χ3v) is 7.96. The molecule has 0 bridgehead atoms. The molecule has 1 aliphatic heterocycles. The number of aryl methyl sites for hydroxylation is 2. The van der Waals surface area contributed by atoms with Gasteiger partial charge < -0.3 is 14.6 Å². The van der Waals surface area contributed by atoms with Gasteiger partial charge in [-0.25, -0.2) is 0 Å². The van der Waals surface area contributed by atoms with Crippen molar-refractivity contribution in [2.45, 2.75) is 39.8 Å². The van der Waals surface area contributed by atoms with Crippen molar-refractivity contribution in [1.82, 2.24) is 14.8 Å². The number of esters is 1. The zero-order valence-corrected chi connectivity index (χ0v) is 22.2. The van der Waals surface area contributed by atoms with Gasteiger partial charge in [-0.2, -0.15) is 0 Å². The summed E-state index contributed by atoms with van der Waals surface area (Å²) in [4.78, 5) is 18.6. The number of aliphatic imine (C=N–C) groups is 1. The molecule has 0 unspecified atom stereocenters. The first-order valence-corrected chi connectivity index (χ1v) is 12.7. The Morgan fingerprint density at radius 2 is 1.73 bits per heavy atom. The summed E-state index contributed by atoms with van der Waals surface area (Å²) in [6.07, 6.45) is 0.0684. The standard InChI is InChI=1S/C28H28N4O4S/c1-15-16(2)37-28-25(15)26(29-22(13-24(34)36-5)27-31-30-17(3)32(27)28)19-8-6-18(7-9-19)20-10-11-23(35-4)21(12-20)14-33/h6-12,22,33H,13-14H2,1-5H3/t22-/m0/s1. The van der Waals surface area contributed by atoms with Crippen LogP contribution in [0.4, 0.5) is 0 Å². The lowest BCUT2D eigenvalue weighted by Crippen LogP contribution is -2.12. The lowest BCUT2D eigenvalue weighted by Gasteiger charge is -2.13. The van der Waals surface area contributed by atoms with Gasteiger partial charge in [0.1, 0.15) is 22.6 Å². The average molecular weight is 517 g/mol. The van der Waals surface area contributed by atoms with Crippen LogP contribution < -0.4 is 4.74 Å². The fourth-order valence-corrected chi connectivity index (χ4v) is 5.88. The van der Waals surface area contributed by atoms with E-state index in [0.717, 1.165) is 49.9 Å². The summed E-state index contributed by atoms with van der Waals surface area (Å²) < 4.78 is 12.3. The van der Waals surface area contributed by atoms with Gasteiger partial charge in [-0.05, 0) is 49.6 Å². The van der Waals surface area contributed by atoms with Gasteiger partial charge in [0.05, 0.1) is 33.0 Å². The van der Waals surface area contributed by atoms with Crippen molar-refractivity contribution in [2.24, 2.45) is 4.99 Å². The number of hydrogen-bond donors (Lipinski definition) is 1. The van der Waals surface area contributed by atoms with Gasteiger partial charge in [0.15, 0.2) is 5.82 Å². The maximum absolute atomic E-state index is 12.3. The maximum Gasteiger partial charge on any atom is 0.308 e. The number of carbonyl (C=O) groups is 1. The molecule has 5 rings (SSSR count). The Bertz CT molecular complexity index is 1520. The molecule has 2 aromatic heterocycles. The van der Waals surface area contributed by atoms with Crippen molar-refractivity contribution < 1.29 is 19.4 Å². The van der Waals surface area contributed by atoms with Crippen molar-refractivity contribution in [1.29, 1.82) is 0 Å². The zero-order valence-electron chi connectivity index (χ0n) is 21.4. The maximum atomic E-state index is 12.3. The van der Waals surface area contributed by atoms with Crippen LogP contribution in [0.5, 0.6) is 5.75 Å². The van der Waals surface area contributed by atoms with Gasteiger partial charge in [0, 0.05) is 21.6 Å². The summed E-state index contributed by atoms with van der Waals surface area (Å²) in [6.45, 7) is 6.01. The normalized spacial score (nSPS) is 14.4. The van der Waals surface area contributed by atoms with Crippen LogP contribution in [0.1, 0.15) is 51.2 Å². The molecular formula is C28H28N4O4S. The van der Waals surface area contributed by atoms with Gasteiger partial charge in [-0.3, -0.25) is 14.4 Å². The molecule has 3 heterocycles. The Morgan fingerprint density at radius 1 is 1.03 bits per heavy atom. The van der Waals surface area contributed by atoms with E-state index in [1.807, 2.05) is 54.0 Å². The van der Waals surface area contributed by atoms with Gasteiger partial charge in [0.2, 0.25) is 0 Å². The number of aromatic nitrogens is 3. The molecule has 1 aliphatic rings.